The summed E-state index contributed by atoms with van der Waals surface area (Å²) in [5.41, 5.74) is 0. The molecule has 1 N–H and O–H groups in total. The smallest absolute Gasteiger partial charge is 0.231 e. The molecule has 0 aromatic carbocycles. The van der Waals surface area contributed by atoms with Crippen molar-refractivity contribution in [1.82, 2.24) is 19.9 Å². The van der Waals surface area contributed by atoms with Gasteiger partial charge in [-0.25, -0.2) is 0 Å². The molecule has 0 fully saturated rings. The molecule has 6 nitrogen and oxygen atoms in total. The minimum Gasteiger partial charge on any atom is -0.357 e. The summed E-state index contributed by atoms with van der Waals surface area (Å²) in [6, 6.07) is 0.299. The largest absolute Gasteiger partial charge is 0.357 e. The van der Waals surface area contributed by atoms with E-state index < -0.39 is 0 Å². The van der Waals surface area contributed by atoms with Gasteiger partial charge in [-0.15, -0.1) is 0 Å². The molecule has 7 heteroatoms. The van der Waals surface area contributed by atoms with Crippen LogP contribution in [0.4, 0.5) is 11.9 Å². The zero-order valence-corrected chi connectivity index (χ0v) is 12.4. The molecular formula is C11H21ClN6. The lowest BCUT2D eigenvalue weighted by Crippen LogP contribution is -2.41. The first-order chi connectivity index (χ1) is 8.47. The van der Waals surface area contributed by atoms with Gasteiger partial charge in [0.15, 0.2) is 0 Å². The van der Waals surface area contributed by atoms with E-state index in [9.17, 15) is 0 Å². The van der Waals surface area contributed by atoms with Crippen LogP contribution in [0.2, 0.25) is 5.28 Å². The van der Waals surface area contributed by atoms with Crippen LogP contribution in [0.25, 0.3) is 0 Å². The molecule has 0 bridgehead atoms. The second-order valence-corrected chi connectivity index (χ2v) is 4.71. The van der Waals surface area contributed by atoms with Gasteiger partial charge in [-0.2, -0.15) is 15.0 Å². The predicted molar refractivity (Wildman–Crippen MR) is 75.4 cm³/mol. The number of halogens is 1. The van der Waals surface area contributed by atoms with E-state index in [1.54, 1.807) is 7.05 Å². The minimum atomic E-state index is 0.208. The van der Waals surface area contributed by atoms with Crippen LogP contribution in [0.3, 0.4) is 0 Å². The Morgan fingerprint density at radius 1 is 1.28 bits per heavy atom. The van der Waals surface area contributed by atoms with Crippen LogP contribution in [0, 0.1) is 0 Å². The van der Waals surface area contributed by atoms with Gasteiger partial charge in [0.1, 0.15) is 0 Å². The first kappa shape index (κ1) is 14.9. The summed E-state index contributed by atoms with van der Waals surface area (Å²) >= 11 is 5.90. The molecule has 0 aliphatic rings. The monoisotopic (exact) mass is 272 g/mol. The van der Waals surface area contributed by atoms with Gasteiger partial charge in [0.2, 0.25) is 17.2 Å². The van der Waals surface area contributed by atoms with Crippen molar-refractivity contribution in [3.63, 3.8) is 0 Å². The van der Waals surface area contributed by atoms with Crippen LogP contribution in [0.5, 0.6) is 0 Å². The highest BCUT2D eigenvalue weighted by Crippen LogP contribution is 2.16. The maximum atomic E-state index is 5.90. The molecule has 102 valence electrons. The fourth-order valence-electron chi connectivity index (χ4n) is 1.86. The molecule has 1 rings (SSSR count). The molecule has 1 heterocycles. The van der Waals surface area contributed by atoms with Gasteiger partial charge < -0.3 is 15.1 Å². The van der Waals surface area contributed by atoms with Crippen molar-refractivity contribution < 1.29 is 0 Å². The quantitative estimate of drug-likeness (QED) is 0.844. The molecule has 1 aromatic heterocycles. The van der Waals surface area contributed by atoms with E-state index in [0.29, 0.717) is 17.9 Å². The van der Waals surface area contributed by atoms with Crippen molar-refractivity contribution >= 4 is 23.5 Å². The summed E-state index contributed by atoms with van der Waals surface area (Å²) in [5.74, 6) is 1.09. The molecule has 0 saturated heterocycles. The minimum absolute atomic E-state index is 0.208. The van der Waals surface area contributed by atoms with Crippen LogP contribution >= 0.6 is 11.6 Å². The third kappa shape index (κ3) is 3.96. The summed E-state index contributed by atoms with van der Waals surface area (Å²) in [7, 11) is 5.85. The van der Waals surface area contributed by atoms with Crippen molar-refractivity contribution in [2.45, 2.75) is 19.9 Å². The summed E-state index contributed by atoms with van der Waals surface area (Å²) in [5, 5.41) is 3.09. The lowest BCUT2D eigenvalue weighted by molar-refractivity contribution is 0.371. The first-order valence-corrected chi connectivity index (χ1v) is 6.36. The Morgan fingerprint density at radius 3 is 2.44 bits per heavy atom. The van der Waals surface area contributed by atoms with E-state index in [-0.39, 0.29) is 5.28 Å². The molecular weight excluding hydrogens is 252 g/mol. The van der Waals surface area contributed by atoms with E-state index >= 15 is 0 Å². The number of nitrogens with zero attached hydrogens (tertiary/aromatic N) is 5. The number of likely N-dealkylation sites (N-methyl/N-ethyl adjacent to an activating group) is 2. The Hall–Kier alpha value is -1.14. The Bertz CT molecular complexity index is 384. The summed E-state index contributed by atoms with van der Waals surface area (Å²) in [6.07, 6.45) is 0. The van der Waals surface area contributed by atoms with Crippen molar-refractivity contribution in [1.29, 1.82) is 0 Å². The highest BCUT2D eigenvalue weighted by molar-refractivity contribution is 6.28. The Balaban J connectivity index is 2.97. The van der Waals surface area contributed by atoms with Crippen LogP contribution in [-0.4, -0.2) is 60.1 Å². The highest BCUT2D eigenvalue weighted by atomic mass is 35.5. The van der Waals surface area contributed by atoms with Gasteiger partial charge in [0.25, 0.3) is 0 Å². The van der Waals surface area contributed by atoms with E-state index in [1.807, 2.05) is 14.1 Å². The number of hydrogen-bond donors (Lipinski definition) is 1. The number of anilines is 2. The average Bonchev–Trinajstić information content (AvgIpc) is 2.28. The Labute approximate surface area is 113 Å². The van der Waals surface area contributed by atoms with E-state index in [1.165, 1.54) is 0 Å². The van der Waals surface area contributed by atoms with Crippen molar-refractivity contribution in [3.8, 4) is 0 Å². The molecule has 0 aliphatic carbocycles. The van der Waals surface area contributed by atoms with Crippen molar-refractivity contribution in [2.75, 3.05) is 44.4 Å². The number of nitrogens with one attached hydrogen (secondary N) is 1. The highest BCUT2D eigenvalue weighted by Gasteiger charge is 2.17. The number of aromatic nitrogens is 3. The van der Waals surface area contributed by atoms with E-state index in [4.69, 9.17) is 11.6 Å². The second kappa shape index (κ2) is 6.70. The molecule has 0 spiro atoms. The maximum Gasteiger partial charge on any atom is 0.231 e. The zero-order chi connectivity index (χ0) is 13.7. The molecule has 1 unspecified atom stereocenters. The number of hydrogen-bond acceptors (Lipinski definition) is 6. The van der Waals surface area contributed by atoms with Gasteiger partial charge in [-0.1, -0.05) is 0 Å². The van der Waals surface area contributed by atoms with Gasteiger partial charge in [0.05, 0.1) is 0 Å². The topological polar surface area (TPSA) is 57.2 Å². The predicted octanol–water partition coefficient (Wildman–Crippen LogP) is 1.34. The molecule has 18 heavy (non-hydrogen) atoms. The van der Waals surface area contributed by atoms with Crippen molar-refractivity contribution in [3.05, 3.63) is 5.28 Å². The summed E-state index contributed by atoms with van der Waals surface area (Å²) in [6.45, 7) is 5.95. The zero-order valence-electron chi connectivity index (χ0n) is 11.6. The Morgan fingerprint density at radius 2 is 1.94 bits per heavy atom. The molecule has 0 radical (unpaired) electrons. The standard InChI is InChI=1S/C11H21ClN6/c1-6-18(8(2)7-17(4)5)11-15-9(12)14-10(13-3)16-11/h8H,6-7H2,1-5H3,(H,13,14,15,16). The number of rotatable bonds is 6. The molecule has 0 aliphatic heterocycles. The second-order valence-electron chi connectivity index (χ2n) is 4.38. The van der Waals surface area contributed by atoms with Crippen LogP contribution in [0.15, 0.2) is 0 Å². The van der Waals surface area contributed by atoms with Crippen LogP contribution < -0.4 is 10.2 Å². The Kier molecular flexibility index (Phi) is 5.55. The van der Waals surface area contributed by atoms with Crippen LogP contribution in [0.1, 0.15) is 13.8 Å². The lowest BCUT2D eigenvalue weighted by Gasteiger charge is -2.30. The van der Waals surface area contributed by atoms with E-state index in [2.05, 4.69) is 43.9 Å². The maximum absolute atomic E-state index is 5.90. The molecule has 1 atom stereocenters. The van der Waals surface area contributed by atoms with Crippen molar-refractivity contribution in [2.24, 2.45) is 0 Å². The third-order valence-electron chi connectivity index (χ3n) is 2.58. The fraction of sp³-hybridized carbons (Fsp3) is 0.727. The molecule has 1 aromatic rings. The summed E-state index contributed by atoms with van der Waals surface area (Å²) in [4.78, 5) is 16.8. The normalized spacial score (nSPS) is 12.6. The molecule has 0 saturated carbocycles. The third-order valence-corrected chi connectivity index (χ3v) is 2.75. The van der Waals surface area contributed by atoms with Gasteiger partial charge in [0, 0.05) is 26.2 Å². The molecule has 0 amide bonds. The lowest BCUT2D eigenvalue weighted by atomic mass is 10.3. The van der Waals surface area contributed by atoms with E-state index in [0.717, 1.165) is 13.1 Å². The summed E-state index contributed by atoms with van der Waals surface area (Å²) < 4.78 is 0. The first-order valence-electron chi connectivity index (χ1n) is 5.98. The van der Waals surface area contributed by atoms with Gasteiger partial charge in [-0.05, 0) is 39.5 Å². The average molecular weight is 273 g/mol. The fourth-order valence-corrected chi connectivity index (χ4v) is 2.01. The van der Waals surface area contributed by atoms with Crippen LogP contribution in [-0.2, 0) is 0 Å². The van der Waals surface area contributed by atoms with Gasteiger partial charge >= 0.3 is 0 Å². The van der Waals surface area contributed by atoms with Gasteiger partial charge in [-0.3, -0.25) is 0 Å². The SMILES string of the molecule is CCN(c1nc(Cl)nc(NC)n1)C(C)CN(C)C.